The van der Waals surface area contributed by atoms with Crippen LogP contribution in [-0.4, -0.2) is 6.04 Å². The Bertz CT molecular complexity index is 484. The molecule has 0 saturated carbocycles. The quantitative estimate of drug-likeness (QED) is 0.913. The lowest BCUT2D eigenvalue weighted by Gasteiger charge is -2.12. The second kappa shape index (κ2) is 5.76. The van der Waals surface area contributed by atoms with Crippen LogP contribution in [0.1, 0.15) is 11.1 Å². The van der Waals surface area contributed by atoms with Gasteiger partial charge >= 0.3 is 0 Å². The monoisotopic (exact) mass is 313 g/mol. The van der Waals surface area contributed by atoms with E-state index in [1.807, 2.05) is 11.4 Å². The van der Waals surface area contributed by atoms with E-state index in [0.717, 1.165) is 12.0 Å². The molecule has 17 heavy (non-hydrogen) atoms. The van der Waals surface area contributed by atoms with Gasteiger partial charge in [0.1, 0.15) is 5.82 Å². The molecular formula is C13H13BrFNS. The highest BCUT2D eigenvalue weighted by Gasteiger charge is 2.10. The zero-order valence-electron chi connectivity index (χ0n) is 9.20. The van der Waals surface area contributed by atoms with Crippen molar-refractivity contribution >= 4 is 27.3 Å². The summed E-state index contributed by atoms with van der Waals surface area (Å²) in [5.41, 5.74) is 8.25. The molecular weight excluding hydrogens is 301 g/mol. The van der Waals surface area contributed by atoms with Crippen molar-refractivity contribution in [1.82, 2.24) is 0 Å². The summed E-state index contributed by atoms with van der Waals surface area (Å²) < 4.78 is 13.8. The number of hydrogen-bond acceptors (Lipinski definition) is 2. The fourth-order valence-electron chi connectivity index (χ4n) is 1.77. The van der Waals surface area contributed by atoms with Crippen LogP contribution in [0.5, 0.6) is 0 Å². The first kappa shape index (κ1) is 12.7. The molecule has 2 rings (SSSR count). The molecule has 1 nitrogen and oxygen atoms in total. The van der Waals surface area contributed by atoms with Gasteiger partial charge in [-0.15, -0.1) is 0 Å². The molecule has 0 aliphatic heterocycles. The highest BCUT2D eigenvalue weighted by molar-refractivity contribution is 9.10. The second-order valence-electron chi connectivity index (χ2n) is 4.01. The maximum Gasteiger partial charge on any atom is 0.137 e. The van der Waals surface area contributed by atoms with E-state index >= 15 is 0 Å². The predicted octanol–water partition coefficient (Wildman–Crippen LogP) is 3.76. The van der Waals surface area contributed by atoms with Crippen LogP contribution in [0.4, 0.5) is 4.39 Å². The maximum atomic E-state index is 13.3. The van der Waals surface area contributed by atoms with E-state index in [1.54, 1.807) is 17.4 Å². The molecule has 1 unspecified atom stereocenters. The SMILES string of the molecule is NC(Cc1ccsc1)Cc1cccc(F)c1Br. The summed E-state index contributed by atoms with van der Waals surface area (Å²) in [6.45, 7) is 0. The van der Waals surface area contributed by atoms with Gasteiger partial charge in [-0.1, -0.05) is 12.1 Å². The molecule has 1 aromatic heterocycles. The van der Waals surface area contributed by atoms with Crippen LogP contribution in [0.3, 0.4) is 0 Å². The van der Waals surface area contributed by atoms with Crippen molar-refractivity contribution in [2.45, 2.75) is 18.9 Å². The van der Waals surface area contributed by atoms with Crippen molar-refractivity contribution in [3.63, 3.8) is 0 Å². The maximum absolute atomic E-state index is 13.3. The Morgan fingerprint density at radius 1 is 1.29 bits per heavy atom. The molecule has 0 fully saturated rings. The number of hydrogen-bond donors (Lipinski definition) is 1. The lowest BCUT2D eigenvalue weighted by molar-refractivity contribution is 0.610. The third kappa shape index (κ3) is 3.37. The van der Waals surface area contributed by atoms with Gasteiger partial charge in [-0.25, -0.2) is 4.39 Å². The van der Waals surface area contributed by atoms with Crippen molar-refractivity contribution in [3.8, 4) is 0 Å². The fourth-order valence-corrected chi connectivity index (χ4v) is 2.88. The first-order valence-corrected chi connectivity index (χ1v) is 7.10. The van der Waals surface area contributed by atoms with E-state index in [1.165, 1.54) is 11.6 Å². The molecule has 0 saturated heterocycles. The van der Waals surface area contributed by atoms with Crippen LogP contribution in [0.2, 0.25) is 0 Å². The van der Waals surface area contributed by atoms with Gasteiger partial charge in [0.15, 0.2) is 0 Å². The standard InChI is InChI=1S/C13H13BrFNS/c14-13-10(2-1-3-12(13)15)7-11(16)6-9-4-5-17-8-9/h1-5,8,11H,6-7,16H2. The van der Waals surface area contributed by atoms with Gasteiger partial charge in [0.25, 0.3) is 0 Å². The molecule has 0 spiro atoms. The number of benzene rings is 1. The minimum atomic E-state index is -0.231. The summed E-state index contributed by atoms with van der Waals surface area (Å²) in [6, 6.07) is 7.15. The summed E-state index contributed by atoms with van der Waals surface area (Å²) in [7, 11) is 0. The molecule has 90 valence electrons. The van der Waals surface area contributed by atoms with E-state index in [2.05, 4.69) is 27.4 Å². The summed E-state index contributed by atoms with van der Waals surface area (Å²) in [6.07, 6.45) is 1.50. The van der Waals surface area contributed by atoms with Crippen molar-refractivity contribution in [3.05, 3.63) is 56.4 Å². The Morgan fingerprint density at radius 3 is 2.82 bits per heavy atom. The lowest BCUT2D eigenvalue weighted by atomic mass is 10.0. The molecule has 0 radical (unpaired) electrons. The van der Waals surface area contributed by atoms with Gasteiger partial charge in [-0.05, 0) is 62.8 Å². The van der Waals surface area contributed by atoms with Crippen molar-refractivity contribution in [1.29, 1.82) is 0 Å². The summed E-state index contributed by atoms with van der Waals surface area (Å²) in [4.78, 5) is 0. The van der Waals surface area contributed by atoms with E-state index < -0.39 is 0 Å². The molecule has 1 aromatic carbocycles. The predicted molar refractivity (Wildman–Crippen MR) is 73.8 cm³/mol. The van der Waals surface area contributed by atoms with E-state index in [-0.39, 0.29) is 11.9 Å². The molecule has 0 amide bonds. The molecule has 1 atom stereocenters. The van der Waals surface area contributed by atoms with Crippen LogP contribution < -0.4 is 5.73 Å². The average Bonchev–Trinajstić information content (AvgIpc) is 2.77. The number of halogens is 2. The zero-order valence-corrected chi connectivity index (χ0v) is 11.6. The number of rotatable bonds is 4. The smallest absolute Gasteiger partial charge is 0.137 e. The number of thiophene rings is 1. The topological polar surface area (TPSA) is 26.0 Å². The largest absolute Gasteiger partial charge is 0.327 e. The molecule has 2 aromatic rings. The van der Waals surface area contributed by atoms with Crippen molar-refractivity contribution in [2.24, 2.45) is 5.73 Å². The third-order valence-corrected chi connectivity index (χ3v) is 4.21. The normalized spacial score (nSPS) is 12.6. The molecule has 0 aliphatic rings. The van der Waals surface area contributed by atoms with Gasteiger partial charge in [0.05, 0.1) is 4.47 Å². The Kier molecular flexibility index (Phi) is 4.31. The first-order valence-electron chi connectivity index (χ1n) is 5.36. The molecule has 4 heteroatoms. The Balaban J connectivity index is 2.03. The van der Waals surface area contributed by atoms with E-state index in [9.17, 15) is 4.39 Å². The van der Waals surface area contributed by atoms with Crippen LogP contribution in [-0.2, 0) is 12.8 Å². The van der Waals surface area contributed by atoms with Crippen molar-refractivity contribution in [2.75, 3.05) is 0 Å². The summed E-state index contributed by atoms with van der Waals surface area (Å²) in [5.74, 6) is -0.231. The van der Waals surface area contributed by atoms with Gasteiger partial charge < -0.3 is 5.73 Å². The minimum absolute atomic E-state index is 0.0164. The summed E-state index contributed by atoms with van der Waals surface area (Å²) in [5, 5.41) is 4.14. The van der Waals surface area contributed by atoms with Gasteiger partial charge in [0, 0.05) is 6.04 Å². The van der Waals surface area contributed by atoms with E-state index in [0.29, 0.717) is 10.9 Å². The van der Waals surface area contributed by atoms with Gasteiger partial charge in [0.2, 0.25) is 0 Å². The third-order valence-electron chi connectivity index (χ3n) is 2.59. The molecule has 1 heterocycles. The van der Waals surface area contributed by atoms with Crippen LogP contribution in [0.15, 0.2) is 39.5 Å². The van der Waals surface area contributed by atoms with Crippen molar-refractivity contribution < 1.29 is 4.39 Å². The Morgan fingerprint density at radius 2 is 2.12 bits per heavy atom. The summed E-state index contributed by atoms with van der Waals surface area (Å²) >= 11 is 4.93. The Labute approximate surface area is 113 Å². The zero-order chi connectivity index (χ0) is 12.3. The van der Waals surface area contributed by atoms with Crippen LogP contribution >= 0.6 is 27.3 Å². The second-order valence-corrected chi connectivity index (χ2v) is 5.59. The van der Waals surface area contributed by atoms with Crippen LogP contribution in [0, 0.1) is 5.82 Å². The lowest BCUT2D eigenvalue weighted by Crippen LogP contribution is -2.25. The first-order chi connectivity index (χ1) is 8.16. The molecule has 0 bridgehead atoms. The fraction of sp³-hybridized carbons (Fsp3) is 0.231. The molecule has 2 N–H and O–H groups in total. The Hall–Kier alpha value is -0.710. The highest BCUT2D eigenvalue weighted by Crippen LogP contribution is 2.22. The molecule has 0 aliphatic carbocycles. The average molecular weight is 314 g/mol. The number of nitrogens with two attached hydrogens (primary N) is 1. The van der Waals surface area contributed by atoms with Crippen LogP contribution in [0.25, 0.3) is 0 Å². The van der Waals surface area contributed by atoms with E-state index in [4.69, 9.17) is 5.73 Å². The minimum Gasteiger partial charge on any atom is -0.327 e. The van der Waals surface area contributed by atoms with Gasteiger partial charge in [-0.2, -0.15) is 11.3 Å². The van der Waals surface area contributed by atoms with Gasteiger partial charge in [-0.3, -0.25) is 0 Å². The highest BCUT2D eigenvalue weighted by atomic mass is 79.9.